The number of fused-ring (bicyclic) bond motifs is 1. The molecule has 27 heavy (non-hydrogen) atoms. The molecule has 2 aromatic rings. The first-order chi connectivity index (χ1) is 12.8. The van der Waals surface area contributed by atoms with Gasteiger partial charge in [0, 0.05) is 28.3 Å². The van der Waals surface area contributed by atoms with Gasteiger partial charge in [-0.2, -0.15) is 0 Å². The van der Waals surface area contributed by atoms with Gasteiger partial charge in [-0.3, -0.25) is 4.79 Å². The Kier molecular flexibility index (Phi) is 5.60. The molecular weight excluding hydrogens is 432 g/mol. The standard InChI is InChI=1S/C19H21BrN2O4S/c1-4-21-27(24,25)18-11-13(5-8-17(18)26-3)19(23)22-12(2)9-14-10-15(20)6-7-16(14)22/h5-8,10-12,21H,4,9H2,1-3H3/t12-/m1/s1. The third-order valence-corrected chi connectivity index (χ3v) is 6.57. The lowest BCUT2D eigenvalue weighted by molar-refractivity contribution is 0.0981. The van der Waals surface area contributed by atoms with Crippen molar-refractivity contribution in [1.29, 1.82) is 0 Å². The quantitative estimate of drug-likeness (QED) is 0.754. The van der Waals surface area contributed by atoms with Gasteiger partial charge in [-0.1, -0.05) is 22.9 Å². The number of amides is 1. The molecule has 0 radical (unpaired) electrons. The zero-order chi connectivity index (χ0) is 19.8. The molecule has 0 aromatic heterocycles. The highest BCUT2D eigenvalue weighted by molar-refractivity contribution is 9.10. The second-order valence-corrected chi connectivity index (χ2v) is 9.02. The van der Waals surface area contributed by atoms with Gasteiger partial charge in [0.15, 0.2) is 0 Å². The summed E-state index contributed by atoms with van der Waals surface area (Å²) in [6.07, 6.45) is 0.749. The van der Waals surface area contributed by atoms with Crippen LogP contribution in [-0.4, -0.2) is 34.0 Å². The largest absolute Gasteiger partial charge is 0.495 e. The third-order valence-electron chi connectivity index (χ3n) is 4.51. The number of benzene rings is 2. The predicted molar refractivity (Wildman–Crippen MR) is 108 cm³/mol. The number of carbonyl (C=O) groups is 1. The van der Waals surface area contributed by atoms with Crippen LogP contribution in [0.4, 0.5) is 5.69 Å². The highest BCUT2D eigenvalue weighted by Crippen LogP contribution is 2.36. The van der Waals surface area contributed by atoms with Gasteiger partial charge in [0.2, 0.25) is 10.0 Å². The molecule has 1 aliphatic heterocycles. The molecule has 0 aliphatic carbocycles. The second kappa shape index (κ2) is 7.61. The first-order valence-electron chi connectivity index (χ1n) is 8.58. The summed E-state index contributed by atoms with van der Waals surface area (Å²) in [6, 6.07) is 10.3. The van der Waals surface area contributed by atoms with Crippen molar-refractivity contribution in [3.8, 4) is 5.75 Å². The molecule has 0 spiro atoms. The summed E-state index contributed by atoms with van der Waals surface area (Å²) in [7, 11) is -2.36. The Bertz CT molecular complexity index is 991. The van der Waals surface area contributed by atoms with E-state index in [9.17, 15) is 13.2 Å². The summed E-state index contributed by atoms with van der Waals surface area (Å²) in [6.45, 7) is 3.92. The van der Waals surface area contributed by atoms with Crippen LogP contribution < -0.4 is 14.4 Å². The Hall–Kier alpha value is -1.90. The number of ether oxygens (including phenoxy) is 1. The van der Waals surface area contributed by atoms with E-state index in [-0.39, 0.29) is 29.1 Å². The molecule has 6 nitrogen and oxygen atoms in total. The van der Waals surface area contributed by atoms with E-state index in [2.05, 4.69) is 20.7 Å². The van der Waals surface area contributed by atoms with Crippen molar-refractivity contribution in [3.63, 3.8) is 0 Å². The van der Waals surface area contributed by atoms with E-state index in [0.29, 0.717) is 5.56 Å². The Morgan fingerprint density at radius 2 is 2.04 bits per heavy atom. The minimum Gasteiger partial charge on any atom is -0.495 e. The topological polar surface area (TPSA) is 75.7 Å². The molecule has 144 valence electrons. The number of nitrogens with one attached hydrogen (secondary N) is 1. The molecule has 3 rings (SSSR count). The molecule has 0 unspecified atom stereocenters. The molecule has 2 aromatic carbocycles. The molecule has 0 fully saturated rings. The van der Waals surface area contributed by atoms with E-state index < -0.39 is 10.0 Å². The summed E-state index contributed by atoms with van der Waals surface area (Å²) in [5.41, 5.74) is 2.23. The van der Waals surface area contributed by atoms with Crippen molar-refractivity contribution < 1.29 is 17.9 Å². The summed E-state index contributed by atoms with van der Waals surface area (Å²) >= 11 is 3.46. The number of methoxy groups -OCH3 is 1. The van der Waals surface area contributed by atoms with E-state index in [1.54, 1.807) is 17.9 Å². The molecule has 1 atom stereocenters. The van der Waals surface area contributed by atoms with Crippen LogP contribution in [0.2, 0.25) is 0 Å². The van der Waals surface area contributed by atoms with E-state index in [1.165, 1.54) is 19.2 Å². The summed E-state index contributed by atoms with van der Waals surface area (Å²) in [5, 5.41) is 0. The minimum absolute atomic E-state index is 0.0160. The van der Waals surface area contributed by atoms with Crippen molar-refractivity contribution >= 4 is 37.5 Å². The van der Waals surface area contributed by atoms with Crippen LogP contribution in [0.1, 0.15) is 29.8 Å². The highest BCUT2D eigenvalue weighted by Gasteiger charge is 2.32. The van der Waals surface area contributed by atoms with Crippen LogP contribution >= 0.6 is 15.9 Å². The van der Waals surface area contributed by atoms with Gasteiger partial charge in [0.25, 0.3) is 5.91 Å². The average Bonchev–Trinajstić information content (AvgIpc) is 2.95. The number of sulfonamides is 1. The Labute approximate surface area is 167 Å². The lowest BCUT2D eigenvalue weighted by Gasteiger charge is -2.23. The number of rotatable bonds is 5. The molecule has 1 N–H and O–H groups in total. The van der Waals surface area contributed by atoms with Crippen LogP contribution in [0, 0.1) is 0 Å². The highest BCUT2D eigenvalue weighted by atomic mass is 79.9. The average molecular weight is 453 g/mol. The van der Waals surface area contributed by atoms with Crippen LogP contribution in [0.15, 0.2) is 45.8 Å². The van der Waals surface area contributed by atoms with Gasteiger partial charge in [-0.15, -0.1) is 0 Å². The van der Waals surface area contributed by atoms with Gasteiger partial charge in [0.1, 0.15) is 10.6 Å². The Morgan fingerprint density at radius 3 is 2.70 bits per heavy atom. The normalized spacial score (nSPS) is 16.3. The lowest BCUT2D eigenvalue weighted by atomic mass is 10.1. The zero-order valence-electron chi connectivity index (χ0n) is 15.3. The summed E-state index contributed by atoms with van der Waals surface area (Å²) < 4.78 is 33.6. The Balaban J connectivity index is 2.04. The number of nitrogens with zero attached hydrogens (tertiary/aromatic N) is 1. The second-order valence-electron chi connectivity index (χ2n) is 6.37. The fourth-order valence-corrected chi connectivity index (χ4v) is 4.98. The number of carbonyl (C=O) groups excluding carboxylic acids is 1. The van der Waals surface area contributed by atoms with Gasteiger partial charge in [-0.25, -0.2) is 13.1 Å². The number of anilines is 1. The summed E-state index contributed by atoms with van der Waals surface area (Å²) in [4.78, 5) is 14.9. The smallest absolute Gasteiger partial charge is 0.258 e. The van der Waals surface area contributed by atoms with Crippen molar-refractivity contribution in [2.75, 3.05) is 18.6 Å². The SMILES string of the molecule is CCNS(=O)(=O)c1cc(C(=O)N2c3ccc(Br)cc3C[C@H]2C)ccc1OC. The van der Waals surface area contributed by atoms with Gasteiger partial charge in [0.05, 0.1) is 7.11 Å². The fourth-order valence-electron chi connectivity index (χ4n) is 3.34. The van der Waals surface area contributed by atoms with Crippen molar-refractivity contribution in [3.05, 3.63) is 52.0 Å². The summed E-state index contributed by atoms with van der Waals surface area (Å²) in [5.74, 6) is -0.0366. The van der Waals surface area contributed by atoms with E-state index >= 15 is 0 Å². The van der Waals surface area contributed by atoms with Gasteiger partial charge in [-0.05, 0) is 55.3 Å². The molecule has 0 saturated carbocycles. The van der Waals surface area contributed by atoms with E-state index in [1.807, 2.05) is 25.1 Å². The van der Waals surface area contributed by atoms with Crippen LogP contribution in [0.25, 0.3) is 0 Å². The zero-order valence-corrected chi connectivity index (χ0v) is 17.7. The maximum absolute atomic E-state index is 13.2. The monoisotopic (exact) mass is 452 g/mol. The fraction of sp³-hybridized carbons (Fsp3) is 0.316. The first-order valence-corrected chi connectivity index (χ1v) is 10.9. The van der Waals surface area contributed by atoms with Gasteiger partial charge < -0.3 is 9.64 Å². The van der Waals surface area contributed by atoms with Gasteiger partial charge >= 0.3 is 0 Å². The maximum Gasteiger partial charge on any atom is 0.258 e. The number of halogens is 1. The van der Waals surface area contributed by atoms with Crippen LogP contribution in [0.5, 0.6) is 5.75 Å². The predicted octanol–water partition coefficient (Wildman–Crippen LogP) is 3.35. The molecule has 0 saturated heterocycles. The first kappa shape index (κ1) is 19.9. The number of hydrogen-bond acceptors (Lipinski definition) is 4. The van der Waals surface area contributed by atoms with Crippen molar-refractivity contribution in [2.24, 2.45) is 0 Å². The molecular formula is C19H21BrN2O4S. The molecule has 1 amide bonds. The van der Waals surface area contributed by atoms with Crippen molar-refractivity contribution in [1.82, 2.24) is 4.72 Å². The van der Waals surface area contributed by atoms with E-state index in [4.69, 9.17) is 4.74 Å². The molecule has 8 heteroatoms. The lowest BCUT2D eigenvalue weighted by Crippen LogP contribution is -2.36. The van der Waals surface area contributed by atoms with Crippen molar-refractivity contribution in [2.45, 2.75) is 31.2 Å². The maximum atomic E-state index is 13.2. The minimum atomic E-state index is -3.76. The molecule has 0 bridgehead atoms. The van der Waals surface area contributed by atoms with E-state index in [0.717, 1.165) is 22.1 Å². The number of hydrogen-bond donors (Lipinski definition) is 1. The molecule has 1 aliphatic rings. The Morgan fingerprint density at radius 1 is 1.30 bits per heavy atom. The molecule has 1 heterocycles. The van der Waals surface area contributed by atoms with Crippen LogP contribution in [-0.2, 0) is 16.4 Å². The van der Waals surface area contributed by atoms with Crippen LogP contribution in [0.3, 0.4) is 0 Å². The third kappa shape index (κ3) is 3.74.